The van der Waals surface area contributed by atoms with Crippen molar-refractivity contribution < 1.29 is 14.7 Å². The smallest absolute Gasteiger partial charge is 0.352 e. The van der Waals surface area contributed by atoms with Gasteiger partial charge in [-0.25, -0.2) is 4.79 Å². The molecule has 1 aliphatic heterocycles. The van der Waals surface area contributed by atoms with Crippen LogP contribution in [-0.2, 0) is 4.79 Å². The molecule has 2 rings (SSSR count). The summed E-state index contributed by atoms with van der Waals surface area (Å²) in [5.41, 5.74) is 0.783. The second kappa shape index (κ2) is 3.80. The van der Waals surface area contributed by atoms with Gasteiger partial charge in [-0.15, -0.1) is 0 Å². The number of aromatic amines is 1. The van der Waals surface area contributed by atoms with Gasteiger partial charge in [-0.1, -0.05) is 11.8 Å². The molecular formula is C11H14N2O3S. The lowest BCUT2D eigenvalue weighted by Gasteiger charge is -2.36. The van der Waals surface area contributed by atoms with Crippen molar-refractivity contribution in [3.05, 3.63) is 11.8 Å². The van der Waals surface area contributed by atoms with E-state index in [1.54, 1.807) is 16.7 Å². The number of hydrogen-bond acceptors (Lipinski definition) is 3. The number of aromatic nitrogens is 1. The summed E-state index contributed by atoms with van der Waals surface area (Å²) in [6, 6.07) is 1.52. The molecule has 6 heteroatoms. The highest BCUT2D eigenvalue weighted by molar-refractivity contribution is 8.00. The van der Waals surface area contributed by atoms with Crippen molar-refractivity contribution in [1.29, 1.82) is 0 Å². The summed E-state index contributed by atoms with van der Waals surface area (Å²) in [6.45, 7) is 6.12. The number of anilines is 1. The van der Waals surface area contributed by atoms with Gasteiger partial charge in [0.1, 0.15) is 5.69 Å². The Morgan fingerprint density at radius 3 is 2.71 bits per heavy atom. The monoisotopic (exact) mass is 254 g/mol. The molecule has 0 saturated heterocycles. The molecule has 2 heterocycles. The number of nitrogens with zero attached hydrogens (tertiary/aromatic N) is 1. The summed E-state index contributed by atoms with van der Waals surface area (Å²) in [5.74, 6) is -1.09. The van der Waals surface area contributed by atoms with Gasteiger partial charge in [0.15, 0.2) is 0 Å². The van der Waals surface area contributed by atoms with Crippen LogP contribution >= 0.6 is 11.8 Å². The standard InChI is InChI=1S/C11H14N2O3S/c1-6(14)13-5-11(2,3)17-9-8(13)4-7(12-9)10(15)16/h4,12H,5H2,1-3H3,(H,15,16). The van der Waals surface area contributed by atoms with Gasteiger partial charge in [-0.05, 0) is 19.9 Å². The minimum absolute atomic E-state index is 0.0736. The van der Waals surface area contributed by atoms with E-state index < -0.39 is 5.97 Å². The molecule has 0 saturated carbocycles. The van der Waals surface area contributed by atoms with Crippen molar-refractivity contribution in [2.24, 2.45) is 0 Å². The number of carbonyl (C=O) groups excluding carboxylic acids is 1. The Bertz CT molecular complexity index is 493. The van der Waals surface area contributed by atoms with E-state index in [-0.39, 0.29) is 16.3 Å². The Morgan fingerprint density at radius 2 is 2.18 bits per heavy atom. The lowest BCUT2D eigenvalue weighted by Crippen LogP contribution is -2.42. The first-order valence-electron chi connectivity index (χ1n) is 5.23. The van der Waals surface area contributed by atoms with Gasteiger partial charge in [0.25, 0.3) is 0 Å². The van der Waals surface area contributed by atoms with E-state index in [0.717, 1.165) is 5.03 Å². The topological polar surface area (TPSA) is 73.4 Å². The summed E-state index contributed by atoms with van der Waals surface area (Å²) in [4.78, 5) is 27.0. The molecular weight excluding hydrogens is 240 g/mol. The van der Waals surface area contributed by atoms with Crippen LogP contribution < -0.4 is 4.90 Å². The first kappa shape index (κ1) is 12.0. The molecule has 0 unspecified atom stereocenters. The van der Waals surface area contributed by atoms with Crippen LogP contribution in [0, 0.1) is 0 Å². The Morgan fingerprint density at radius 1 is 1.53 bits per heavy atom. The van der Waals surface area contributed by atoms with E-state index in [1.165, 1.54) is 13.0 Å². The summed E-state index contributed by atoms with van der Waals surface area (Å²) < 4.78 is -0.126. The molecule has 1 amide bonds. The van der Waals surface area contributed by atoms with Crippen molar-refractivity contribution in [2.75, 3.05) is 11.4 Å². The average Bonchev–Trinajstić information content (AvgIpc) is 2.57. The van der Waals surface area contributed by atoms with Crippen molar-refractivity contribution in [1.82, 2.24) is 4.98 Å². The van der Waals surface area contributed by atoms with Crippen LogP contribution in [-0.4, -0.2) is 33.3 Å². The van der Waals surface area contributed by atoms with Gasteiger partial charge in [-0.3, -0.25) is 4.79 Å². The number of rotatable bonds is 1. The lowest BCUT2D eigenvalue weighted by atomic mass is 10.1. The Balaban J connectivity index is 2.49. The molecule has 1 aromatic rings. The third-order valence-corrected chi connectivity index (χ3v) is 3.78. The van der Waals surface area contributed by atoms with Crippen LogP contribution in [0.25, 0.3) is 0 Å². The van der Waals surface area contributed by atoms with Gasteiger partial charge in [0, 0.05) is 18.2 Å². The van der Waals surface area contributed by atoms with E-state index in [0.29, 0.717) is 12.2 Å². The highest BCUT2D eigenvalue weighted by Gasteiger charge is 2.35. The maximum atomic E-state index is 11.6. The zero-order valence-corrected chi connectivity index (χ0v) is 10.7. The van der Waals surface area contributed by atoms with Crippen LogP contribution in [0.2, 0.25) is 0 Å². The number of hydrogen-bond donors (Lipinski definition) is 2. The van der Waals surface area contributed by atoms with Crippen molar-refractivity contribution in [3.63, 3.8) is 0 Å². The first-order valence-corrected chi connectivity index (χ1v) is 6.05. The summed E-state index contributed by atoms with van der Waals surface area (Å²) >= 11 is 1.56. The van der Waals surface area contributed by atoms with Crippen molar-refractivity contribution in [3.8, 4) is 0 Å². The lowest BCUT2D eigenvalue weighted by molar-refractivity contribution is -0.116. The normalized spacial score (nSPS) is 17.7. The molecule has 1 aromatic heterocycles. The molecule has 0 fully saturated rings. The summed E-state index contributed by atoms with van der Waals surface area (Å²) in [5, 5.41) is 9.69. The Kier molecular flexibility index (Phi) is 2.69. The molecule has 5 nitrogen and oxygen atoms in total. The molecule has 0 aromatic carbocycles. The summed E-state index contributed by atoms with van der Waals surface area (Å²) in [6.07, 6.45) is 0. The number of carbonyl (C=O) groups is 2. The summed E-state index contributed by atoms with van der Waals surface area (Å²) in [7, 11) is 0. The highest BCUT2D eigenvalue weighted by Crippen LogP contribution is 2.44. The molecule has 1 aliphatic rings. The van der Waals surface area contributed by atoms with Gasteiger partial charge in [0.2, 0.25) is 5.91 Å². The quantitative estimate of drug-likeness (QED) is 0.803. The largest absolute Gasteiger partial charge is 0.477 e. The molecule has 92 valence electrons. The number of thioether (sulfide) groups is 1. The molecule has 2 N–H and O–H groups in total. The third-order valence-electron chi connectivity index (χ3n) is 2.58. The number of fused-ring (bicyclic) bond motifs is 1. The number of H-pyrrole nitrogens is 1. The number of amides is 1. The zero-order chi connectivity index (χ0) is 12.8. The maximum absolute atomic E-state index is 11.6. The van der Waals surface area contributed by atoms with Crippen molar-refractivity contribution in [2.45, 2.75) is 30.5 Å². The van der Waals surface area contributed by atoms with Gasteiger partial charge < -0.3 is 15.0 Å². The number of carboxylic acid groups (broad SMARTS) is 1. The van der Waals surface area contributed by atoms with Gasteiger partial charge in [0.05, 0.1) is 10.7 Å². The third kappa shape index (κ3) is 2.17. The van der Waals surface area contributed by atoms with Crippen LogP contribution in [0.3, 0.4) is 0 Å². The van der Waals surface area contributed by atoms with Crippen LogP contribution in [0.1, 0.15) is 31.3 Å². The van der Waals surface area contributed by atoms with Crippen LogP contribution in [0.15, 0.2) is 11.1 Å². The number of aromatic carboxylic acids is 1. The van der Waals surface area contributed by atoms with E-state index in [9.17, 15) is 9.59 Å². The number of nitrogens with one attached hydrogen (secondary N) is 1. The van der Waals surface area contributed by atoms with E-state index in [1.807, 2.05) is 13.8 Å². The SMILES string of the molecule is CC(=O)N1CC(C)(C)Sc2[nH]c(C(=O)O)cc21. The van der Waals surface area contributed by atoms with Crippen LogP contribution in [0.5, 0.6) is 0 Å². The predicted octanol–water partition coefficient (Wildman–Crippen LogP) is 1.95. The molecule has 0 bridgehead atoms. The van der Waals surface area contributed by atoms with Gasteiger partial charge in [-0.2, -0.15) is 0 Å². The van der Waals surface area contributed by atoms with Crippen LogP contribution in [0.4, 0.5) is 5.69 Å². The molecule has 0 radical (unpaired) electrons. The fourth-order valence-corrected chi connectivity index (χ4v) is 3.05. The molecule has 0 aliphatic carbocycles. The minimum Gasteiger partial charge on any atom is -0.477 e. The fraction of sp³-hybridized carbons (Fsp3) is 0.455. The second-order valence-corrected chi connectivity index (χ2v) is 6.39. The maximum Gasteiger partial charge on any atom is 0.352 e. The van der Waals surface area contributed by atoms with E-state index in [2.05, 4.69) is 4.98 Å². The fourth-order valence-electron chi connectivity index (χ4n) is 1.87. The highest BCUT2D eigenvalue weighted by atomic mass is 32.2. The van der Waals surface area contributed by atoms with E-state index in [4.69, 9.17) is 5.11 Å². The predicted molar refractivity (Wildman–Crippen MR) is 65.7 cm³/mol. The minimum atomic E-state index is -1.01. The first-order chi connectivity index (χ1) is 7.80. The Hall–Kier alpha value is -1.43. The second-order valence-electron chi connectivity index (χ2n) is 4.67. The average molecular weight is 254 g/mol. The Labute approximate surface area is 103 Å². The van der Waals surface area contributed by atoms with Crippen molar-refractivity contribution >= 4 is 29.3 Å². The number of carboxylic acids is 1. The van der Waals surface area contributed by atoms with E-state index >= 15 is 0 Å². The zero-order valence-electron chi connectivity index (χ0n) is 9.90. The molecule has 17 heavy (non-hydrogen) atoms. The molecule has 0 atom stereocenters. The van der Waals surface area contributed by atoms with Gasteiger partial charge >= 0.3 is 5.97 Å². The molecule has 0 spiro atoms.